The molecule has 3 rings (SSSR count). The zero-order chi connectivity index (χ0) is 13.2. The van der Waals surface area contributed by atoms with Crippen LogP contribution in [-0.4, -0.2) is 17.0 Å². The average Bonchev–Trinajstić information content (AvgIpc) is 3.31. The summed E-state index contributed by atoms with van der Waals surface area (Å²) < 4.78 is 0. The summed E-state index contributed by atoms with van der Waals surface area (Å²) in [6.45, 7) is 2.12. The molecule has 0 radical (unpaired) electrons. The Labute approximate surface area is 114 Å². The molecule has 0 aliphatic heterocycles. The van der Waals surface area contributed by atoms with Crippen LogP contribution in [0.15, 0.2) is 30.3 Å². The number of nitrogens with zero attached hydrogens (tertiary/aromatic N) is 2. The summed E-state index contributed by atoms with van der Waals surface area (Å²) in [4.78, 5) is 9.31. The number of rotatable bonds is 4. The van der Waals surface area contributed by atoms with Gasteiger partial charge in [0.2, 0.25) is 0 Å². The van der Waals surface area contributed by atoms with Crippen molar-refractivity contribution in [3.63, 3.8) is 0 Å². The molecule has 0 amide bonds. The number of aromatic nitrogens is 2. The Morgan fingerprint density at radius 1 is 1.21 bits per heavy atom. The van der Waals surface area contributed by atoms with Crippen LogP contribution in [0.2, 0.25) is 0 Å². The topological polar surface area (TPSA) is 37.8 Å². The van der Waals surface area contributed by atoms with Crippen molar-refractivity contribution in [2.24, 2.45) is 0 Å². The van der Waals surface area contributed by atoms with Crippen LogP contribution in [0.5, 0.6) is 0 Å². The third kappa shape index (κ3) is 2.46. The lowest BCUT2D eigenvalue weighted by atomic mass is 10.0. The maximum absolute atomic E-state index is 4.69. The van der Waals surface area contributed by atoms with E-state index >= 15 is 0 Å². The first kappa shape index (κ1) is 12.2. The molecule has 0 bridgehead atoms. The number of hydrogen-bond donors (Lipinski definition) is 1. The number of aryl methyl sites for hydroxylation is 1. The van der Waals surface area contributed by atoms with Crippen molar-refractivity contribution in [2.75, 3.05) is 12.4 Å². The molecule has 0 unspecified atom stereocenters. The van der Waals surface area contributed by atoms with Crippen LogP contribution in [0.3, 0.4) is 0 Å². The minimum Gasteiger partial charge on any atom is -0.373 e. The second-order valence-electron chi connectivity index (χ2n) is 5.03. The number of hydrogen-bond acceptors (Lipinski definition) is 3. The van der Waals surface area contributed by atoms with E-state index < -0.39 is 0 Å². The summed E-state index contributed by atoms with van der Waals surface area (Å²) >= 11 is 0. The zero-order valence-electron chi connectivity index (χ0n) is 11.5. The Kier molecular flexibility index (Phi) is 3.20. The van der Waals surface area contributed by atoms with Gasteiger partial charge in [0.25, 0.3) is 0 Å². The predicted molar refractivity (Wildman–Crippen MR) is 78.4 cm³/mol. The zero-order valence-corrected chi connectivity index (χ0v) is 11.5. The van der Waals surface area contributed by atoms with Gasteiger partial charge in [0.1, 0.15) is 5.82 Å². The normalized spacial score (nSPS) is 14.4. The lowest BCUT2D eigenvalue weighted by Crippen LogP contribution is -2.01. The molecule has 1 saturated carbocycles. The van der Waals surface area contributed by atoms with E-state index in [4.69, 9.17) is 0 Å². The maximum atomic E-state index is 4.69. The fraction of sp³-hybridized carbons (Fsp3) is 0.375. The Morgan fingerprint density at radius 2 is 2.00 bits per heavy atom. The molecule has 1 aromatic heterocycles. The molecule has 1 aliphatic carbocycles. The molecule has 0 saturated heterocycles. The van der Waals surface area contributed by atoms with Gasteiger partial charge in [-0.25, -0.2) is 9.97 Å². The monoisotopic (exact) mass is 253 g/mol. The lowest BCUT2D eigenvalue weighted by Gasteiger charge is -2.10. The SMILES string of the molecule is CCc1cc(NC)nc(-c2ccccc2C2CC2)n1. The van der Waals surface area contributed by atoms with Crippen LogP contribution < -0.4 is 5.32 Å². The van der Waals surface area contributed by atoms with Gasteiger partial charge >= 0.3 is 0 Å². The van der Waals surface area contributed by atoms with Crippen molar-refractivity contribution < 1.29 is 0 Å². The minimum atomic E-state index is 0.711. The van der Waals surface area contributed by atoms with E-state index in [2.05, 4.69) is 46.5 Å². The van der Waals surface area contributed by atoms with Crippen molar-refractivity contribution in [2.45, 2.75) is 32.1 Å². The summed E-state index contributed by atoms with van der Waals surface area (Å²) in [5.74, 6) is 2.46. The summed E-state index contributed by atoms with van der Waals surface area (Å²) in [6.07, 6.45) is 3.52. The van der Waals surface area contributed by atoms with Crippen molar-refractivity contribution >= 4 is 5.82 Å². The highest BCUT2D eigenvalue weighted by molar-refractivity contribution is 5.63. The van der Waals surface area contributed by atoms with Gasteiger partial charge in [-0.15, -0.1) is 0 Å². The largest absolute Gasteiger partial charge is 0.373 e. The second kappa shape index (κ2) is 5.00. The Hall–Kier alpha value is -1.90. The third-order valence-electron chi connectivity index (χ3n) is 3.62. The molecule has 0 spiro atoms. The highest BCUT2D eigenvalue weighted by Crippen LogP contribution is 2.43. The van der Waals surface area contributed by atoms with E-state index in [0.29, 0.717) is 5.92 Å². The first-order valence-corrected chi connectivity index (χ1v) is 6.96. The number of benzene rings is 1. The van der Waals surface area contributed by atoms with E-state index in [9.17, 15) is 0 Å². The smallest absolute Gasteiger partial charge is 0.162 e. The molecule has 98 valence electrons. The van der Waals surface area contributed by atoms with Crippen LogP contribution in [0.4, 0.5) is 5.82 Å². The summed E-state index contributed by atoms with van der Waals surface area (Å²) in [5.41, 5.74) is 3.68. The second-order valence-corrected chi connectivity index (χ2v) is 5.03. The van der Waals surface area contributed by atoms with Gasteiger partial charge < -0.3 is 5.32 Å². The van der Waals surface area contributed by atoms with Gasteiger partial charge in [-0.2, -0.15) is 0 Å². The summed E-state index contributed by atoms with van der Waals surface area (Å²) in [6, 6.07) is 10.6. The van der Waals surface area contributed by atoms with E-state index in [1.54, 1.807) is 0 Å². The third-order valence-corrected chi connectivity index (χ3v) is 3.62. The fourth-order valence-corrected chi connectivity index (χ4v) is 2.38. The molecule has 0 atom stereocenters. The van der Waals surface area contributed by atoms with Gasteiger partial charge in [-0.3, -0.25) is 0 Å². The van der Waals surface area contributed by atoms with Crippen molar-refractivity contribution in [1.82, 2.24) is 9.97 Å². The molecule has 19 heavy (non-hydrogen) atoms. The van der Waals surface area contributed by atoms with E-state index in [1.807, 2.05) is 13.1 Å². The van der Waals surface area contributed by atoms with Gasteiger partial charge in [0.05, 0.1) is 0 Å². The highest BCUT2D eigenvalue weighted by Gasteiger charge is 2.26. The lowest BCUT2D eigenvalue weighted by molar-refractivity contribution is 0.999. The molecule has 1 N–H and O–H groups in total. The Balaban J connectivity index is 2.10. The van der Waals surface area contributed by atoms with Crippen LogP contribution in [0.1, 0.15) is 36.9 Å². The van der Waals surface area contributed by atoms with Gasteiger partial charge in [-0.05, 0) is 30.7 Å². The van der Waals surface area contributed by atoms with Gasteiger partial charge in [-0.1, -0.05) is 31.2 Å². The van der Waals surface area contributed by atoms with Crippen LogP contribution in [0.25, 0.3) is 11.4 Å². The first-order valence-electron chi connectivity index (χ1n) is 6.96. The molecule has 3 heteroatoms. The van der Waals surface area contributed by atoms with Crippen molar-refractivity contribution in [3.8, 4) is 11.4 Å². The van der Waals surface area contributed by atoms with Crippen LogP contribution >= 0.6 is 0 Å². The van der Waals surface area contributed by atoms with E-state index in [1.165, 1.54) is 24.0 Å². The molecule has 1 heterocycles. The van der Waals surface area contributed by atoms with Crippen molar-refractivity contribution in [3.05, 3.63) is 41.6 Å². The van der Waals surface area contributed by atoms with Gasteiger partial charge in [0, 0.05) is 24.4 Å². The molecule has 3 nitrogen and oxygen atoms in total. The summed E-state index contributed by atoms with van der Waals surface area (Å²) in [7, 11) is 1.90. The highest BCUT2D eigenvalue weighted by atomic mass is 15.0. The van der Waals surface area contributed by atoms with E-state index in [-0.39, 0.29) is 0 Å². The predicted octanol–water partition coefficient (Wildman–Crippen LogP) is 3.63. The molecular weight excluding hydrogens is 234 g/mol. The number of anilines is 1. The molecule has 1 aliphatic rings. The van der Waals surface area contributed by atoms with Crippen LogP contribution in [-0.2, 0) is 6.42 Å². The fourth-order valence-electron chi connectivity index (χ4n) is 2.38. The molecule has 2 aromatic rings. The van der Waals surface area contributed by atoms with Gasteiger partial charge in [0.15, 0.2) is 5.82 Å². The molecular formula is C16H19N3. The quantitative estimate of drug-likeness (QED) is 0.904. The Bertz CT molecular complexity index is 566. The first-order chi connectivity index (χ1) is 9.31. The molecule has 1 fully saturated rings. The minimum absolute atomic E-state index is 0.711. The van der Waals surface area contributed by atoms with E-state index in [0.717, 1.165) is 23.8 Å². The van der Waals surface area contributed by atoms with Crippen LogP contribution in [0, 0.1) is 0 Å². The maximum Gasteiger partial charge on any atom is 0.162 e. The number of nitrogens with one attached hydrogen (secondary N) is 1. The average molecular weight is 253 g/mol. The summed E-state index contributed by atoms with van der Waals surface area (Å²) in [5, 5.41) is 3.13. The Morgan fingerprint density at radius 3 is 2.68 bits per heavy atom. The standard InChI is InChI=1S/C16H19N3/c1-3-12-10-15(17-2)19-16(18-12)14-7-5-4-6-13(14)11-8-9-11/h4-7,10-11H,3,8-9H2,1-2H3,(H,17,18,19). The molecule has 1 aromatic carbocycles. The van der Waals surface area contributed by atoms with Crippen molar-refractivity contribution in [1.29, 1.82) is 0 Å².